The largest absolute Gasteiger partial charge is 0.285 e. The van der Waals surface area contributed by atoms with E-state index in [1.54, 1.807) is 5.56 Å². The SMILES string of the molecule is Cc1cc2c(n3cnnc13)CCC2C1CC1. The van der Waals surface area contributed by atoms with Crippen LogP contribution in [-0.4, -0.2) is 14.6 Å². The number of fused-ring (bicyclic) bond motifs is 3. The highest BCUT2D eigenvalue weighted by Gasteiger charge is 2.37. The monoisotopic (exact) mass is 213 g/mol. The quantitative estimate of drug-likeness (QED) is 0.728. The van der Waals surface area contributed by atoms with Gasteiger partial charge in [0.2, 0.25) is 0 Å². The van der Waals surface area contributed by atoms with Gasteiger partial charge in [0.05, 0.1) is 0 Å². The summed E-state index contributed by atoms with van der Waals surface area (Å²) in [7, 11) is 0. The van der Waals surface area contributed by atoms with Gasteiger partial charge in [-0.15, -0.1) is 10.2 Å². The van der Waals surface area contributed by atoms with E-state index in [1.165, 1.54) is 36.9 Å². The highest BCUT2D eigenvalue weighted by molar-refractivity contribution is 5.52. The Kier molecular flexibility index (Phi) is 1.55. The van der Waals surface area contributed by atoms with E-state index in [2.05, 4.69) is 27.6 Å². The molecule has 3 heteroatoms. The number of hydrogen-bond acceptors (Lipinski definition) is 2. The summed E-state index contributed by atoms with van der Waals surface area (Å²) >= 11 is 0. The lowest BCUT2D eigenvalue weighted by molar-refractivity contribution is 0.600. The molecule has 1 saturated carbocycles. The molecule has 0 radical (unpaired) electrons. The van der Waals surface area contributed by atoms with Crippen LogP contribution in [0, 0.1) is 12.8 Å². The lowest BCUT2D eigenvalue weighted by Crippen LogP contribution is -2.00. The molecule has 1 unspecified atom stereocenters. The third kappa shape index (κ3) is 1.03. The van der Waals surface area contributed by atoms with Crippen molar-refractivity contribution in [1.29, 1.82) is 0 Å². The predicted octanol–water partition coefficient (Wildman–Crippen LogP) is 2.48. The average molecular weight is 213 g/mol. The second kappa shape index (κ2) is 2.84. The molecule has 0 spiro atoms. The number of aromatic nitrogens is 3. The van der Waals surface area contributed by atoms with Crippen LogP contribution in [0.15, 0.2) is 12.4 Å². The van der Waals surface area contributed by atoms with E-state index in [0.29, 0.717) is 0 Å². The summed E-state index contributed by atoms with van der Waals surface area (Å²) in [6.07, 6.45) is 7.27. The molecule has 0 N–H and O–H groups in total. The van der Waals surface area contributed by atoms with E-state index in [0.717, 1.165) is 17.5 Å². The molecule has 0 aliphatic heterocycles. The molecule has 2 aliphatic carbocycles. The van der Waals surface area contributed by atoms with Gasteiger partial charge in [-0.2, -0.15) is 0 Å². The summed E-state index contributed by atoms with van der Waals surface area (Å²) in [4.78, 5) is 0. The first-order chi connectivity index (χ1) is 7.84. The minimum atomic E-state index is 0.820. The normalized spacial score (nSPS) is 23.9. The molecule has 1 fully saturated rings. The average Bonchev–Trinajstić information content (AvgIpc) is 2.85. The first-order valence-electron chi connectivity index (χ1n) is 6.16. The van der Waals surface area contributed by atoms with Gasteiger partial charge in [0.25, 0.3) is 0 Å². The molecule has 1 atom stereocenters. The van der Waals surface area contributed by atoms with Crippen molar-refractivity contribution < 1.29 is 0 Å². The number of nitrogens with zero attached hydrogens (tertiary/aromatic N) is 3. The van der Waals surface area contributed by atoms with Gasteiger partial charge in [-0.25, -0.2) is 0 Å². The fraction of sp³-hybridized carbons (Fsp3) is 0.538. The van der Waals surface area contributed by atoms with Crippen LogP contribution in [-0.2, 0) is 6.42 Å². The zero-order chi connectivity index (χ0) is 10.7. The Hall–Kier alpha value is -1.38. The van der Waals surface area contributed by atoms with Gasteiger partial charge in [0, 0.05) is 5.69 Å². The Morgan fingerprint density at radius 1 is 1.31 bits per heavy atom. The number of hydrogen-bond donors (Lipinski definition) is 0. The zero-order valence-electron chi connectivity index (χ0n) is 9.48. The van der Waals surface area contributed by atoms with E-state index in [-0.39, 0.29) is 0 Å². The van der Waals surface area contributed by atoms with Gasteiger partial charge in [0.1, 0.15) is 6.33 Å². The minimum absolute atomic E-state index is 0.820. The van der Waals surface area contributed by atoms with Crippen LogP contribution in [0.1, 0.15) is 42.0 Å². The van der Waals surface area contributed by atoms with Crippen LogP contribution in [0.2, 0.25) is 0 Å². The third-order valence-electron chi connectivity index (χ3n) is 4.18. The summed E-state index contributed by atoms with van der Waals surface area (Å²) in [6.45, 7) is 2.15. The molecule has 16 heavy (non-hydrogen) atoms. The summed E-state index contributed by atoms with van der Waals surface area (Å²) in [6, 6.07) is 2.36. The zero-order valence-corrected chi connectivity index (χ0v) is 9.48. The fourth-order valence-electron chi connectivity index (χ4n) is 3.24. The summed E-state index contributed by atoms with van der Waals surface area (Å²) in [5, 5.41) is 8.23. The molecule has 0 aromatic carbocycles. The standard InChI is InChI=1S/C13H15N3/c1-8-6-11-10(9-2-3-9)4-5-12(11)16-7-14-15-13(8)16/h6-7,9-10H,2-5H2,1H3. The summed E-state index contributed by atoms with van der Waals surface area (Å²) in [5.41, 5.74) is 5.34. The predicted molar refractivity (Wildman–Crippen MR) is 61.5 cm³/mol. The Morgan fingerprint density at radius 2 is 2.19 bits per heavy atom. The summed E-state index contributed by atoms with van der Waals surface area (Å²) in [5.74, 6) is 1.79. The molecule has 0 saturated heterocycles. The maximum Gasteiger partial charge on any atom is 0.163 e. The first-order valence-corrected chi connectivity index (χ1v) is 6.16. The molecular weight excluding hydrogens is 198 g/mol. The van der Waals surface area contributed by atoms with Gasteiger partial charge in [0.15, 0.2) is 5.65 Å². The van der Waals surface area contributed by atoms with Crippen molar-refractivity contribution in [2.45, 2.75) is 38.5 Å². The number of rotatable bonds is 1. The number of aryl methyl sites for hydroxylation is 2. The molecule has 2 aromatic heterocycles. The van der Waals surface area contributed by atoms with E-state index >= 15 is 0 Å². The van der Waals surface area contributed by atoms with Crippen molar-refractivity contribution in [3.8, 4) is 0 Å². The molecule has 2 heterocycles. The van der Waals surface area contributed by atoms with E-state index in [1.807, 2.05) is 6.33 Å². The van der Waals surface area contributed by atoms with Crippen molar-refractivity contribution >= 4 is 5.65 Å². The van der Waals surface area contributed by atoms with Crippen molar-refractivity contribution in [2.24, 2.45) is 5.92 Å². The molecule has 2 aliphatic rings. The van der Waals surface area contributed by atoms with E-state index in [4.69, 9.17) is 0 Å². The third-order valence-corrected chi connectivity index (χ3v) is 4.18. The van der Waals surface area contributed by atoms with Gasteiger partial charge in [-0.3, -0.25) is 4.40 Å². The van der Waals surface area contributed by atoms with Crippen LogP contribution >= 0.6 is 0 Å². The molecule has 82 valence electrons. The highest BCUT2D eigenvalue weighted by atomic mass is 15.2. The highest BCUT2D eigenvalue weighted by Crippen LogP contribution is 2.49. The van der Waals surface area contributed by atoms with Gasteiger partial charge >= 0.3 is 0 Å². The van der Waals surface area contributed by atoms with Gasteiger partial charge in [-0.05, 0) is 55.6 Å². The first kappa shape index (κ1) is 8.74. The molecule has 0 amide bonds. The van der Waals surface area contributed by atoms with E-state index < -0.39 is 0 Å². The van der Waals surface area contributed by atoms with Crippen LogP contribution < -0.4 is 0 Å². The van der Waals surface area contributed by atoms with Crippen LogP contribution in [0.5, 0.6) is 0 Å². The van der Waals surface area contributed by atoms with Crippen LogP contribution in [0.3, 0.4) is 0 Å². The molecule has 3 nitrogen and oxygen atoms in total. The van der Waals surface area contributed by atoms with Crippen LogP contribution in [0.4, 0.5) is 0 Å². The van der Waals surface area contributed by atoms with Gasteiger partial charge < -0.3 is 0 Å². The molecule has 4 rings (SSSR count). The van der Waals surface area contributed by atoms with E-state index in [9.17, 15) is 0 Å². The Labute approximate surface area is 94.5 Å². The van der Waals surface area contributed by atoms with Crippen molar-refractivity contribution in [3.63, 3.8) is 0 Å². The minimum Gasteiger partial charge on any atom is -0.285 e. The van der Waals surface area contributed by atoms with Crippen molar-refractivity contribution in [3.05, 3.63) is 29.2 Å². The topological polar surface area (TPSA) is 30.2 Å². The Balaban J connectivity index is 1.99. The molecule has 0 bridgehead atoms. The second-order valence-electron chi connectivity index (χ2n) is 5.24. The lowest BCUT2D eigenvalue weighted by atomic mass is 9.96. The van der Waals surface area contributed by atoms with Gasteiger partial charge in [-0.1, -0.05) is 6.07 Å². The smallest absolute Gasteiger partial charge is 0.163 e. The molecule has 2 aromatic rings. The van der Waals surface area contributed by atoms with Crippen molar-refractivity contribution in [2.75, 3.05) is 0 Å². The second-order valence-corrected chi connectivity index (χ2v) is 5.24. The lowest BCUT2D eigenvalue weighted by Gasteiger charge is -2.11. The van der Waals surface area contributed by atoms with Crippen LogP contribution in [0.25, 0.3) is 5.65 Å². The summed E-state index contributed by atoms with van der Waals surface area (Å²) < 4.78 is 2.20. The Morgan fingerprint density at radius 3 is 3.00 bits per heavy atom. The number of pyridine rings is 1. The maximum absolute atomic E-state index is 4.19. The Bertz CT molecular complexity index is 566. The molecular formula is C13H15N3. The fourth-order valence-corrected chi connectivity index (χ4v) is 3.24. The van der Waals surface area contributed by atoms with Crippen molar-refractivity contribution in [1.82, 2.24) is 14.6 Å². The maximum atomic E-state index is 4.19.